The second-order valence-corrected chi connectivity index (χ2v) is 5.80. The van der Waals surface area contributed by atoms with Gasteiger partial charge in [0.1, 0.15) is 0 Å². The van der Waals surface area contributed by atoms with Crippen molar-refractivity contribution in [2.24, 2.45) is 0 Å². The molecule has 0 amide bonds. The van der Waals surface area contributed by atoms with Crippen LogP contribution in [0.2, 0.25) is 5.02 Å². The molecule has 0 fully saturated rings. The number of aryl methyl sites for hydroxylation is 1. The molecule has 1 aromatic carbocycles. The Labute approximate surface area is 107 Å². The highest BCUT2D eigenvalue weighted by atomic mass is 35.6. The fourth-order valence-corrected chi connectivity index (χ4v) is 1.90. The van der Waals surface area contributed by atoms with Crippen molar-refractivity contribution in [1.29, 1.82) is 0 Å². The van der Waals surface area contributed by atoms with Gasteiger partial charge >= 0.3 is 0 Å². The number of aromatic nitrogens is 2. The van der Waals surface area contributed by atoms with Crippen LogP contribution in [0.1, 0.15) is 5.56 Å². The minimum absolute atomic E-state index is 0.650. The van der Waals surface area contributed by atoms with E-state index in [2.05, 4.69) is 4.98 Å². The van der Waals surface area contributed by atoms with Crippen LogP contribution in [0.15, 0.2) is 18.5 Å². The summed E-state index contributed by atoms with van der Waals surface area (Å²) in [6, 6.07) is 3.59. The van der Waals surface area contributed by atoms with Crippen molar-refractivity contribution >= 4 is 57.4 Å². The lowest BCUT2D eigenvalue weighted by Gasteiger charge is -2.13. The Morgan fingerprint density at radius 1 is 1.27 bits per heavy atom. The molecule has 2 rings (SSSR count). The molecule has 6 heteroatoms. The van der Waals surface area contributed by atoms with Gasteiger partial charge in [-0.05, 0) is 24.6 Å². The number of rotatable bonds is 0. The Balaban J connectivity index is 2.75. The molecule has 1 heterocycles. The molecule has 0 radical (unpaired) electrons. The van der Waals surface area contributed by atoms with E-state index < -0.39 is 3.92 Å². The molecule has 2 aromatic rings. The van der Waals surface area contributed by atoms with Gasteiger partial charge in [-0.2, -0.15) is 0 Å². The third kappa shape index (κ3) is 2.04. The highest BCUT2D eigenvalue weighted by molar-refractivity contribution is 6.64. The van der Waals surface area contributed by atoms with E-state index in [-0.39, 0.29) is 0 Å². The maximum atomic E-state index is 5.96. The summed E-state index contributed by atoms with van der Waals surface area (Å²) in [4.78, 5) is 4.11. The molecule has 0 aliphatic carbocycles. The van der Waals surface area contributed by atoms with Crippen LogP contribution in [-0.4, -0.2) is 9.55 Å². The van der Waals surface area contributed by atoms with E-state index in [4.69, 9.17) is 46.4 Å². The van der Waals surface area contributed by atoms with Crippen LogP contribution in [0.5, 0.6) is 0 Å². The highest BCUT2D eigenvalue weighted by Crippen LogP contribution is 2.36. The Kier molecular flexibility index (Phi) is 2.80. The SMILES string of the molecule is Cc1cc2c(cc1Cl)ncn2C(Cl)(Cl)Cl. The summed E-state index contributed by atoms with van der Waals surface area (Å²) in [5.41, 5.74) is 2.37. The van der Waals surface area contributed by atoms with Crippen molar-refractivity contribution in [2.75, 3.05) is 0 Å². The first-order valence-corrected chi connectivity index (χ1v) is 5.61. The average molecular weight is 284 g/mol. The molecular formula is C9H6Cl4N2. The lowest BCUT2D eigenvalue weighted by atomic mass is 10.2. The van der Waals surface area contributed by atoms with E-state index in [0.29, 0.717) is 10.5 Å². The standard InChI is InChI=1S/C9H6Cl4N2/c1-5-2-8-7(3-6(5)10)14-4-15(8)9(11,12)13/h2-4H,1H3. The zero-order valence-corrected chi connectivity index (χ0v) is 10.7. The number of fused-ring (bicyclic) bond motifs is 1. The second-order valence-electron chi connectivity index (χ2n) is 3.17. The van der Waals surface area contributed by atoms with Crippen LogP contribution in [-0.2, 0) is 3.92 Å². The molecule has 0 saturated heterocycles. The van der Waals surface area contributed by atoms with Crippen LogP contribution in [0, 0.1) is 6.92 Å². The van der Waals surface area contributed by atoms with Gasteiger partial charge in [0.25, 0.3) is 3.92 Å². The van der Waals surface area contributed by atoms with Gasteiger partial charge in [0.15, 0.2) is 0 Å². The number of imidazole rings is 1. The Bertz CT molecular complexity index is 513. The van der Waals surface area contributed by atoms with Gasteiger partial charge in [-0.3, -0.25) is 4.57 Å². The van der Waals surface area contributed by atoms with Gasteiger partial charge in [0.05, 0.1) is 17.4 Å². The number of alkyl halides is 3. The minimum atomic E-state index is -1.53. The topological polar surface area (TPSA) is 17.8 Å². The lowest BCUT2D eigenvalue weighted by Crippen LogP contribution is -2.10. The van der Waals surface area contributed by atoms with Crippen LogP contribution in [0.25, 0.3) is 11.0 Å². The predicted octanol–water partition coefficient (Wildman–Crippen LogP) is 4.28. The van der Waals surface area contributed by atoms with Crippen molar-refractivity contribution < 1.29 is 0 Å². The van der Waals surface area contributed by atoms with E-state index in [0.717, 1.165) is 11.1 Å². The van der Waals surface area contributed by atoms with Gasteiger partial charge in [-0.1, -0.05) is 46.4 Å². The first-order chi connectivity index (χ1) is 6.89. The minimum Gasteiger partial charge on any atom is -0.285 e. The normalized spacial score (nSPS) is 12.3. The number of nitrogens with zero attached hydrogens (tertiary/aromatic N) is 2. The molecule has 0 N–H and O–H groups in total. The maximum Gasteiger partial charge on any atom is 0.273 e. The smallest absolute Gasteiger partial charge is 0.273 e. The summed E-state index contributed by atoms with van der Waals surface area (Å²) >= 11 is 23.3. The lowest BCUT2D eigenvalue weighted by molar-refractivity contribution is 0.815. The highest BCUT2D eigenvalue weighted by Gasteiger charge is 2.24. The Morgan fingerprint density at radius 2 is 1.93 bits per heavy atom. The first kappa shape index (κ1) is 11.3. The summed E-state index contributed by atoms with van der Waals surface area (Å²) in [6.07, 6.45) is 1.48. The van der Waals surface area contributed by atoms with Gasteiger partial charge < -0.3 is 0 Å². The zero-order chi connectivity index (χ0) is 11.2. The van der Waals surface area contributed by atoms with E-state index in [1.165, 1.54) is 10.9 Å². The molecule has 0 atom stereocenters. The molecule has 0 spiro atoms. The second kappa shape index (κ2) is 3.70. The molecule has 0 saturated carbocycles. The van der Waals surface area contributed by atoms with Crippen LogP contribution in [0.4, 0.5) is 0 Å². The monoisotopic (exact) mass is 282 g/mol. The summed E-state index contributed by atoms with van der Waals surface area (Å²) in [6.45, 7) is 1.89. The van der Waals surface area contributed by atoms with Gasteiger partial charge in [-0.15, -0.1) is 0 Å². The van der Waals surface area contributed by atoms with E-state index >= 15 is 0 Å². The van der Waals surface area contributed by atoms with E-state index in [9.17, 15) is 0 Å². The molecule has 0 aliphatic heterocycles. The van der Waals surface area contributed by atoms with Gasteiger partial charge in [0, 0.05) is 5.02 Å². The third-order valence-electron chi connectivity index (χ3n) is 2.10. The molecule has 1 aromatic heterocycles. The largest absolute Gasteiger partial charge is 0.285 e. The van der Waals surface area contributed by atoms with E-state index in [1.807, 2.05) is 13.0 Å². The molecule has 0 bridgehead atoms. The van der Waals surface area contributed by atoms with Crippen molar-refractivity contribution in [1.82, 2.24) is 9.55 Å². The summed E-state index contributed by atoms with van der Waals surface area (Å²) < 4.78 is -0.0641. The molecular weight excluding hydrogens is 278 g/mol. The Hall–Kier alpha value is -0.150. The molecule has 80 valence electrons. The van der Waals surface area contributed by atoms with Crippen molar-refractivity contribution in [3.05, 3.63) is 29.0 Å². The van der Waals surface area contributed by atoms with Crippen LogP contribution < -0.4 is 0 Å². The van der Waals surface area contributed by atoms with Crippen LogP contribution >= 0.6 is 46.4 Å². The fourth-order valence-electron chi connectivity index (χ4n) is 1.34. The summed E-state index contributed by atoms with van der Waals surface area (Å²) in [5, 5.41) is 0.650. The van der Waals surface area contributed by atoms with Gasteiger partial charge in [-0.25, -0.2) is 4.98 Å². The summed E-state index contributed by atoms with van der Waals surface area (Å²) in [7, 11) is 0. The Morgan fingerprint density at radius 3 is 2.53 bits per heavy atom. The maximum absolute atomic E-state index is 5.96. The number of hydrogen-bond donors (Lipinski definition) is 0. The number of halogens is 4. The van der Waals surface area contributed by atoms with E-state index in [1.54, 1.807) is 6.07 Å². The number of benzene rings is 1. The fraction of sp³-hybridized carbons (Fsp3) is 0.222. The summed E-state index contributed by atoms with van der Waals surface area (Å²) in [5.74, 6) is 0. The number of hydrogen-bond acceptors (Lipinski definition) is 1. The van der Waals surface area contributed by atoms with Crippen LogP contribution in [0.3, 0.4) is 0 Å². The average Bonchev–Trinajstić information content (AvgIpc) is 2.47. The third-order valence-corrected chi connectivity index (χ3v) is 3.05. The van der Waals surface area contributed by atoms with Gasteiger partial charge in [0.2, 0.25) is 0 Å². The first-order valence-electron chi connectivity index (χ1n) is 4.10. The van der Waals surface area contributed by atoms with Crippen molar-refractivity contribution in [3.63, 3.8) is 0 Å². The van der Waals surface area contributed by atoms with Crippen molar-refractivity contribution in [3.8, 4) is 0 Å². The molecule has 15 heavy (non-hydrogen) atoms. The molecule has 2 nitrogen and oxygen atoms in total. The predicted molar refractivity (Wildman–Crippen MR) is 65.0 cm³/mol. The quantitative estimate of drug-likeness (QED) is 0.660. The van der Waals surface area contributed by atoms with Crippen molar-refractivity contribution in [2.45, 2.75) is 10.8 Å². The zero-order valence-electron chi connectivity index (χ0n) is 7.64. The molecule has 0 unspecified atom stereocenters. The molecule has 0 aliphatic rings.